The zero-order valence-electron chi connectivity index (χ0n) is 19.9. The van der Waals surface area contributed by atoms with Crippen LogP contribution in [0.4, 0.5) is 17.1 Å². The van der Waals surface area contributed by atoms with Crippen LogP contribution in [0.5, 0.6) is 5.75 Å². The number of sulfonamides is 1. The van der Waals surface area contributed by atoms with Crippen LogP contribution in [0.2, 0.25) is 0 Å². The highest BCUT2D eigenvalue weighted by Gasteiger charge is 2.38. The van der Waals surface area contributed by atoms with E-state index >= 15 is 0 Å². The molecule has 0 spiro atoms. The van der Waals surface area contributed by atoms with Gasteiger partial charge in [0, 0.05) is 25.2 Å². The summed E-state index contributed by atoms with van der Waals surface area (Å²) in [7, 11) is -3.89. The molecule has 0 radical (unpaired) electrons. The molecular formula is C24H31N3O5S. The second-order valence-electron chi connectivity index (χ2n) is 9.43. The van der Waals surface area contributed by atoms with Crippen LogP contribution in [-0.2, 0) is 19.6 Å². The number of aryl methyl sites for hydroxylation is 1. The third-order valence-electron chi connectivity index (χ3n) is 5.25. The molecule has 2 N–H and O–H groups in total. The van der Waals surface area contributed by atoms with Crippen LogP contribution in [0.1, 0.15) is 40.2 Å². The van der Waals surface area contributed by atoms with Crippen LogP contribution >= 0.6 is 0 Å². The zero-order chi connectivity index (χ0) is 24.6. The van der Waals surface area contributed by atoms with E-state index in [1.165, 1.54) is 13.0 Å². The summed E-state index contributed by atoms with van der Waals surface area (Å²) in [5.41, 5.74) is 1.26. The molecular weight excluding hydrogens is 442 g/mol. The first kappa shape index (κ1) is 24.6. The van der Waals surface area contributed by atoms with Crippen molar-refractivity contribution in [3.8, 4) is 5.75 Å². The molecule has 2 amide bonds. The second kappa shape index (κ2) is 9.05. The van der Waals surface area contributed by atoms with Crippen molar-refractivity contribution in [2.24, 2.45) is 11.3 Å². The molecule has 178 valence electrons. The van der Waals surface area contributed by atoms with Gasteiger partial charge in [0.1, 0.15) is 12.4 Å². The molecule has 1 aliphatic heterocycles. The van der Waals surface area contributed by atoms with Gasteiger partial charge in [-0.1, -0.05) is 13.8 Å². The van der Waals surface area contributed by atoms with Gasteiger partial charge >= 0.3 is 0 Å². The molecule has 2 aromatic rings. The molecule has 0 saturated carbocycles. The van der Waals surface area contributed by atoms with E-state index in [-0.39, 0.29) is 29.2 Å². The number of nitrogens with zero attached hydrogens (tertiary/aromatic N) is 1. The van der Waals surface area contributed by atoms with E-state index in [2.05, 4.69) is 10.0 Å². The fourth-order valence-electron chi connectivity index (χ4n) is 3.70. The standard InChI is InChI=1S/C24H31N3O5S/c1-15(2)13-27-20-9-7-19(12-21(20)32-14-24(5,6)23(27)29)26-33(30,31)22-10-8-18(11-16(22)3)25-17(4)28/h7-12,15,26H,13-14H2,1-6H3,(H,25,28). The fraction of sp³-hybridized carbons (Fsp3) is 0.417. The minimum atomic E-state index is -3.89. The second-order valence-corrected chi connectivity index (χ2v) is 11.1. The molecule has 9 heteroatoms. The molecule has 3 rings (SSSR count). The molecule has 8 nitrogen and oxygen atoms in total. The Bertz CT molecular complexity index is 1190. The van der Waals surface area contributed by atoms with Gasteiger partial charge in [0.05, 0.1) is 21.7 Å². The minimum absolute atomic E-state index is 0.0295. The Kier molecular flexibility index (Phi) is 6.74. The quantitative estimate of drug-likeness (QED) is 0.655. The summed E-state index contributed by atoms with van der Waals surface area (Å²) < 4.78 is 34.6. The molecule has 0 atom stereocenters. The highest BCUT2D eigenvalue weighted by atomic mass is 32.2. The van der Waals surface area contributed by atoms with Crippen molar-refractivity contribution in [1.82, 2.24) is 0 Å². The minimum Gasteiger partial charge on any atom is -0.490 e. The van der Waals surface area contributed by atoms with Crippen molar-refractivity contribution in [2.75, 3.05) is 28.1 Å². The predicted molar refractivity (Wildman–Crippen MR) is 129 cm³/mol. The van der Waals surface area contributed by atoms with E-state index in [1.54, 1.807) is 42.2 Å². The first-order chi connectivity index (χ1) is 15.3. The van der Waals surface area contributed by atoms with Gasteiger partial charge in [-0.15, -0.1) is 0 Å². The molecule has 0 bridgehead atoms. The number of benzene rings is 2. The van der Waals surface area contributed by atoms with Crippen molar-refractivity contribution in [1.29, 1.82) is 0 Å². The Balaban J connectivity index is 1.93. The maximum absolute atomic E-state index is 13.1. The van der Waals surface area contributed by atoms with Crippen molar-refractivity contribution in [3.05, 3.63) is 42.0 Å². The predicted octanol–water partition coefficient (Wildman–Crippen LogP) is 4.16. The van der Waals surface area contributed by atoms with Crippen LogP contribution in [-0.4, -0.2) is 33.4 Å². The highest BCUT2D eigenvalue weighted by Crippen LogP contribution is 2.39. The summed E-state index contributed by atoms with van der Waals surface area (Å²) in [6.07, 6.45) is 0. The number of amides is 2. The lowest BCUT2D eigenvalue weighted by Gasteiger charge is -2.29. The van der Waals surface area contributed by atoms with E-state index in [0.29, 0.717) is 34.9 Å². The Hall–Kier alpha value is -3.07. The van der Waals surface area contributed by atoms with Crippen molar-refractivity contribution < 1.29 is 22.7 Å². The summed E-state index contributed by atoms with van der Waals surface area (Å²) in [5.74, 6) is 0.435. The van der Waals surface area contributed by atoms with Gasteiger partial charge in [-0.05, 0) is 62.6 Å². The Morgan fingerprint density at radius 2 is 1.82 bits per heavy atom. The van der Waals surface area contributed by atoms with E-state index in [0.717, 1.165) is 0 Å². The molecule has 0 aliphatic carbocycles. The third-order valence-corrected chi connectivity index (χ3v) is 6.79. The van der Waals surface area contributed by atoms with Crippen LogP contribution in [0.3, 0.4) is 0 Å². The van der Waals surface area contributed by atoms with Crippen molar-refractivity contribution in [3.63, 3.8) is 0 Å². The van der Waals surface area contributed by atoms with E-state index in [1.807, 2.05) is 27.7 Å². The van der Waals surface area contributed by atoms with Gasteiger partial charge in [0.2, 0.25) is 11.8 Å². The van der Waals surface area contributed by atoms with Crippen molar-refractivity contribution in [2.45, 2.75) is 46.4 Å². The van der Waals surface area contributed by atoms with Crippen LogP contribution in [0.15, 0.2) is 41.3 Å². The lowest BCUT2D eigenvalue weighted by Crippen LogP contribution is -2.43. The lowest BCUT2D eigenvalue weighted by molar-refractivity contribution is -0.127. The number of hydrogen-bond acceptors (Lipinski definition) is 5. The topological polar surface area (TPSA) is 105 Å². The Labute approximate surface area is 195 Å². The molecule has 0 fully saturated rings. The van der Waals surface area contributed by atoms with Gasteiger partial charge < -0.3 is 15.0 Å². The van der Waals surface area contributed by atoms with Gasteiger partial charge in [0.25, 0.3) is 10.0 Å². The smallest absolute Gasteiger partial charge is 0.262 e. The SMILES string of the molecule is CC(=O)Nc1ccc(S(=O)(=O)Nc2ccc3c(c2)OCC(C)(C)C(=O)N3CC(C)C)c(C)c1. The van der Waals surface area contributed by atoms with Gasteiger partial charge in [0.15, 0.2) is 0 Å². The Morgan fingerprint density at radius 3 is 2.42 bits per heavy atom. The monoisotopic (exact) mass is 473 g/mol. The average molecular weight is 474 g/mol. The molecule has 1 heterocycles. The largest absolute Gasteiger partial charge is 0.490 e. The van der Waals surface area contributed by atoms with Gasteiger partial charge in [-0.25, -0.2) is 8.42 Å². The normalized spacial score (nSPS) is 15.5. The molecule has 2 aromatic carbocycles. The Morgan fingerprint density at radius 1 is 1.15 bits per heavy atom. The molecule has 0 saturated heterocycles. The van der Waals surface area contributed by atoms with Crippen LogP contribution < -0.4 is 19.7 Å². The first-order valence-corrected chi connectivity index (χ1v) is 12.3. The van der Waals surface area contributed by atoms with Gasteiger partial charge in [-0.3, -0.25) is 14.3 Å². The number of nitrogens with one attached hydrogen (secondary N) is 2. The number of fused-ring (bicyclic) bond motifs is 1. The number of ether oxygens (including phenoxy) is 1. The molecule has 33 heavy (non-hydrogen) atoms. The fourth-order valence-corrected chi connectivity index (χ4v) is 4.98. The number of rotatable bonds is 6. The maximum Gasteiger partial charge on any atom is 0.262 e. The summed E-state index contributed by atoms with van der Waals surface area (Å²) in [6, 6.07) is 9.54. The van der Waals surface area contributed by atoms with E-state index < -0.39 is 15.4 Å². The number of hydrogen-bond donors (Lipinski definition) is 2. The van der Waals surface area contributed by atoms with E-state index in [9.17, 15) is 18.0 Å². The summed E-state index contributed by atoms with van der Waals surface area (Å²) in [5, 5.41) is 2.64. The van der Waals surface area contributed by atoms with Crippen molar-refractivity contribution >= 4 is 38.9 Å². The number of carbonyl (C=O) groups excluding carboxylic acids is 2. The first-order valence-electron chi connectivity index (χ1n) is 10.8. The summed E-state index contributed by atoms with van der Waals surface area (Å²) in [4.78, 5) is 26.2. The maximum atomic E-state index is 13.1. The molecule has 1 aliphatic rings. The third kappa shape index (κ3) is 5.47. The number of carbonyl (C=O) groups is 2. The highest BCUT2D eigenvalue weighted by molar-refractivity contribution is 7.92. The summed E-state index contributed by atoms with van der Waals surface area (Å²) >= 11 is 0. The van der Waals surface area contributed by atoms with Crippen LogP contribution in [0, 0.1) is 18.3 Å². The molecule has 0 aromatic heterocycles. The number of anilines is 3. The average Bonchev–Trinajstić information content (AvgIpc) is 2.77. The van der Waals surface area contributed by atoms with Gasteiger partial charge in [-0.2, -0.15) is 0 Å². The lowest BCUT2D eigenvalue weighted by atomic mass is 9.92. The molecule has 0 unspecified atom stereocenters. The van der Waals surface area contributed by atoms with E-state index in [4.69, 9.17) is 4.74 Å². The summed E-state index contributed by atoms with van der Waals surface area (Å²) in [6.45, 7) is 11.5. The zero-order valence-corrected chi connectivity index (χ0v) is 20.7. The van der Waals surface area contributed by atoms with Crippen LogP contribution in [0.25, 0.3) is 0 Å².